The van der Waals surface area contributed by atoms with E-state index in [0.717, 1.165) is 69.1 Å². The first kappa shape index (κ1) is 22.3. The zero-order valence-corrected chi connectivity index (χ0v) is 19.0. The third kappa shape index (κ3) is 4.37. The minimum Gasteiger partial charge on any atom is -0.468 e. The van der Waals surface area contributed by atoms with Crippen LogP contribution in [0.1, 0.15) is 50.3 Å². The van der Waals surface area contributed by atoms with E-state index in [1.165, 1.54) is 12.8 Å². The van der Waals surface area contributed by atoms with Gasteiger partial charge in [0.15, 0.2) is 0 Å². The summed E-state index contributed by atoms with van der Waals surface area (Å²) in [5.41, 5.74) is 3.09. The van der Waals surface area contributed by atoms with Crippen molar-refractivity contribution in [3.63, 3.8) is 0 Å². The number of carbonyl (C=O) groups excluding carboxylic acids is 2. The van der Waals surface area contributed by atoms with Crippen molar-refractivity contribution in [2.75, 3.05) is 26.7 Å². The molecule has 7 heteroatoms. The summed E-state index contributed by atoms with van der Waals surface area (Å²) in [6.45, 7) is 4.78. The molecule has 0 radical (unpaired) electrons. The number of amides is 1. The zero-order valence-electron chi connectivity index (χ0n) is 19.0. The van der Waals surface area contributed by atoms with E-state index in [1.807, 2.05) is 23.1 Å². The van der Waals surface area contributed by atoms with E-state index in [1.54, 1.807) is 0 Å². The van der Waals surface area contributed by atoms with Crippen molar-refractivity contribution >= 4 is 22.8 Å². The molecule has 4 rings (SSSR count). The van der Waals surface area contributed by atoms with E-state index < -0.39 is 0 Å². The lowest BCUT2D eigenvalue weighted by atomic mass is 10.1. The Kier molecular flexibility index (Phi) is 6.80. The molecule has 0 bridgehead atoms. The number of carbonyl (C=O) groups is 2. The largest absolute Gasteiger partial charge is 0.468 e. The fraction of sp³-hybridized carbons (Fsp3) is 0.560. The van der Waals surface area contributed by atoms with Crippen molar-refractivity contribution in [3.05, 3.63) is 35.5 Å². The topological polar surface area (TPSA) is 78.6 Å². The van der Waals surface area contributed by atoms with Crippen LogP contribution in [0.3, 0.4) is 0 Å². The molecule has 2 aromatic rings. The maximum Gasteiger partial charge on any atom is 0.319 e. The van der Waals surface area contributed by atoms with Gasteiger partial charge in [0, 0.05) is 35.7 Å². The Bertz CT molecular complexity index is 1040. The van der Waals surface area contributed by atoms with Crippen molar-refractivity contribution in [1.82, 2.24) is 14.4 Å². The second kappa shape index (κ2) is 9.74. The van der Waals surface area contributed by atoms with E-state index in [9.17, 15) is 14.9 Å². The maximum absolute atomic E-state index is 13.4. The average molecular weight is 437 g/mol. The Labute approximate surface area is 189 Å². The standard InChI is InChI=1S/C25H32N4O3/c1-3-28-21(15-19-14-18(16-26)8-11-22(19)28)10-9-20-6-4-13-29(20)25(31)23-7-5-12-27(23)17-24(30)32-2/h8,11,14-15,20,23H,3-7,9-10,12-13,17H2,1-2H3. The number of aromatic nitrogens is 1. The Morgan fingerprint density at radius 1 is 1.19 bits per heavy atom. The number of likely N-dealkylation sites (tertiary alicyclic amines) is 2. The SMILES string of the molecule is CCn1c(CCC2CCCN2C(=O)C2CCCN2CC(=O)OC)cc2cc(C#N)ccc21. The number of hydrogen-bond acceptors (Lipinski definition) is 5. The highest BCUT2D eigenvalue weighted by atomic mass is 16.5. The maximum atomic E-state index is 13.4. The van der Waals surface area contributed by atoms with Gasteiger partial charge in [-0.15, -0.1) is 0 Å². The molecule has 3 heterocycles. The fourth-order valence-corrected chi connectivity index (χ4v) is 5.44. The van der Waals surface area contributed by atoms with Crippen LogP contribution >= 0.6 is 0 Å². The van der Waals surface area contributed by atoms with E-state index in [2.05, 4.69) is 28.5 Å². The van der Waals surface area contributed by atoms with Crippen LogP contribution in [0.5, 0.6) is 0 Å². The molecule has 1 amide bonds. The van der Waals surface area contributed by atoms with Crippen LogP contribution in [0, 0.1) is 11.3 Å². The number of methoxy groups -OCH3 is 1. The van der Waals surface area contributed by atoms with Crippen molar-refractivity contribution in [3.8, 4) is 6.07 Å². The summed E-state index contributed by atoms with van der Waals surface area (Å²) >= 11 is 0. The highest BCUT2D eigenvalue weighted by Gasteiger charge is 2.38. The van der Waals surface area contributed by atoms with Crippen molar-refractivity contribution in [2.45, 2.75) is 64.1 Å². The summed E-state index contributed by atoms with van der Waals surface area (Å²) < 4.78 is 7.12. The summed E-state index contributed by atoms with van der Waals surface area (Å²) in [6, 6.07) is 10.3. The first-order valence-corrected chi connectivity index (χ1v) is 11.7. The molecule has 2 unspecified atom stereocenters. The molecular weight excluding hydrogens is 404 g/mol. The highest BCUT2D eigenvalue weighted by molar-refractivity contribution is 5.84. The molecule has 1 aromatic heterocycles. The predicted molar refractivity (Wildman–Crippen MR) is 122 cm³/mol. The van der Waals surface area contributed by atoms with Gasteiger partial charge in [-0.25, -0.2) is 0 Å². The Balaban J connectivity index is 1.45. The van der Waals surface area contributed by atoms with Crippen LogP contribution < -0.4 is 0 Å². The Hall–Kier alpha value is -2.85. The van der Waals surface area contributed by atoms with Crippen molar-refractivity contribution in [1.29, 1.82) is 5.26 Å². The quantitative estimate of drug-likeness (QED) is 0.623. The monoisotopic (exact) mass is 436 g/mol. The normalized spacial score (nSPS) is 21.2. The molecule has 2 aliphatic heterocycles. The first-order chi connectivity index (χ1) is 15.5. The summed E-state index contributed by atoms with van der Waals surface area (Å²) in [6.07, 6.45) is 5.63. The van der Waals surface area contributed by atoms with Crippen molar-refractivity contribution in [2.24, 2.45) is 0 Å². The molecule has 170 valence electrons. The molecule has 0 aliphatic carbocycles. The van der Waals surface area contributed by atoms with Crippen LogP contribution in [-0.4, -0.2) is 65.1 Å². The van der Waals surface area contributed by atoms with Crippen LogP contribution in [0.25, 0.3) is 10.9 Å². The minimum atomic E-state index is -0.283. The number of nitriles is 1. The lowest BCUT2D eigenvalue weighted by Crippen LogP contribution is -2.48. The van der Waals surface area contributed by atoms with Gasteiger partial charge in [-0.1, -0.05) is 0 Å². The second-order valence-corrected chi connectivity index (χ2v) is 8.84. The van der Waals surface area contributed by atoms with Crippen molar-refractivity contribution < 1.29 is 14.3 Å². The number of esters is 1. The lowest BCUT2D eigenvalue weighted by Gasteiger charge is -2.31. The molecule has 32 heavy (non-hydrogen) atoms. The average Bonchev–Trinajstić information content (AvgIpc) is 3.54. The molecule has 2 saturated heterocycles. The Morgan fingerprint density at radius 2 is 2.00 bits per heavy atom. The fourth-order valence-electron chi connectivity index (χ4n) is 5.44. The molecule has 2 aliphatic rings. The first-order valence-electron chi connectivity index (χ1n) is 11.7. The third-order valence-electron chi connectivity index (χ3n) is 7.03. The molecule has 0 N–H and O–H groups in total. The van der Waals surface area contributed by atoms with Gasteiger partial charge in [0.25, 0.3) is 0 Å². The molecule has 7 nitrogen and oxygen atoms in total. The lowest BCUT2D eigenvalue weighted by molar-refractivity contribution is -0.144. The number of hydrogen-bond donors (Lipinski definition) is 0. The van der Waals surface area contributed by atoms with Gasteiger partial charge in [-0.3, -0.25) is 14.5 Å². The summed E-state index contributed by atoms with van der Waals surface area (Å²) in [7, 11) is 1.39. The van der Waals surface area contributed by atoms with E-state index in [-0.39, 0.29) is 30.5 Å². The molecule has 0 saturated carbocycles. The predicted octanol–water partition coefficient (Wildman–Crippen LogP) is 3.09. The molecule has 2 atom stereocenters. The molecule has 1 aromatic carbocycles. The number of benzene rings is 1. The van der Waals surface area contributed by atoms with Crippen LogP contribution in [0.2, 0.25) is 0 Å². The minimum absolute atomic E-state index is 0.170. The highest BCUT2D eigenvalue weighted by Crippen LogP contribution is 2.28. The van der Waals surface area contributed by atoms with Gasteiger partial charge in [0.1, 0.15) is 0 Å². The Morgan fingerprint density at radius 3 is 2.75 bits per heavy atom. The van der Waals surface area contributed by atoms with E-state index >= 15 is 0 Å². The van der Waals surface area contributed by atoms with Gasteiger partial charge in [0.05, 0.1) is 31.3 Å². The number of aryl methyl sites for hydroxylation is 2. The van der Waals surface area contributed by atoms with Gasteiger partial charge < -0.3 is 14.2 Å². The van der Waals surface area contributed by atoms with Gasteiger partial charge in [-0.05, 0) is 76.3 Å². The van der Waals surface area contributed by atoms with Crippen LogP contribution in [0.4, 0.5) is 0 Å². The summed E-state index contributed by atoms with van der Waals surface area (Å²) in [5.74, 6) is -0.113. The third-order valence-corrected chi connectivity index (χ3v) is 7.03. The van der Waals surface area contributed by atoms with Gasteiger partial charge >= 0.3 is 5.97 Å². The number of ether oxygens (including phenoxy) is 1. The van der Waals surface area contributed by atoms with Crippen LogP contribution in [-0.2, 0) is 27.3 Å². The van der Waals surface area contributed by atoms with Crippen LogP contribution in [0.15, 0.2) is 24.3 Å². The van der Waals surface area contributed by atoms with E-state index in [0.29, 0.717) is 5.56 Å². The molecule has 2 fully saturated rings. The number of rotatable bonds is 7. The number of nitrogens with zero attached hydrogens (tertiary/aromatic N) is 4. The zero-order chi connectivity index (χ0) is 22.7. The van der Waals surface area contributed by atoms with Gasteiger partial charge in [0.2, 0.25) is 5.91 Å². The molecule has 0 spiro atoms. The van der Waals surface area contributed by atoms with E-state index in [4.69, 9.17) is 4.74 Å². The second-order valence-electron chi connectivity index (χ2n) is 8.84. The number of fused-ring (bicyclic) bond motifs is 1. The van der Waals surface area contributed by atoms with Gasteiger partial charge in [-0.2, -0.15) is 5.26 Å². The summed E-state index contributed by atoms with van der Waals surface area (Å²) in [4.78, 5) is 29.2. The summed E-state index contributed by atoms with van der Waals surface area (Å²) in [5, 5.41) is 10.3. The molecular formula is C25H32N4O3. The smallest absolute Gasteiger partial charge is 0.319 e.